The topological polar surface area (TPSA) is 26.7 Å². The van der Waals surface area contributed by atoms with Gasteiger partial charge in [-0.1, -0.05) is 30.3 Å². The number of piperidine rings is 1. The average Bonchev–Trinajstić information content (AvgIpc) is 2.48. The molecule has 2 rings (SSSR count). The van der Waals surface area contributed by atoms with Gasteiger partial charge in [-0.15, -0.1) is 0 Å². The fourth-order valence-electron chi connectivity index (χ4n) is 3.31. The van der Waals surface area contributed by atoms with E-state index in [0.717, 1.165) is 25.6 Å². The molecule has 21 heavy (non-hydrogen) atoms. The van der Waals surface area contributed by atoms with Crippen LogP contribution in [0.2, 0.25) is 0 Å². The third-order valence-electron chi connectivity index (χ3n) is 4.46. The maximum absolute atomic E-state index is 9.21. The van der Waals surface area contributed by atoms with Gasteiger partial charge in [-0.2, -0.15) is 0 Å². The Balaban J connectivity index is 1.85. The smallest absolute Gasteiger partial charge is 0.0558 e. The molecule has 0 aliphatic carbocycles. The molecule has 118 valence electrons. The zero-order chi connectivity index (χ0) is 15.1. The highest BCUT2D eigenvalue weighted by Gasteiger charge is 2.22. The highest BCUT2D eigenvalue weighted by molar-refractivity contribution is 5.14. The van der Waals surface area contributed by atoms with Gasteiger partial charge in [0.1, 0.15) is 0 Å². The molecule has 1 N–H and O–H groups in total. The van der Waals surface area contributed by atoms with E-state index in [0.29, 0.717) is 6.04 Å². The van der Waals surface area contributed by atoms with Gasteiger partial charge in [0.25, 0.3) is 0 Å². The van der Waals surface area contributed by atoms with Crippen LogP contribution in [0.3, 0.4) is 0 Å². The van der Waals surface area contributed by atoms with Crippen molar-refractivity contribution in [1.29, 1.82) is 0 Å². The largest absolute Gasteiger partial charge is 0.395 e. The van der Waals surface area contributed by atoms with Gasteiger partial charge in [0.2, 0.25) is 0 Å². The number of hydrogen-bond acceptors (Lipinski definition) is 3. The van der Waals surface area contributed by atoms with Gasteiger partial charge < -0.3 is 5.11 Å². The quantitative estimate of drug-likeness (QED) is 0.836. The van der Waals surface area contributed by atoms with E-state index < -0.39 is 0 Å². The Hall–Kier alpha value is -0.900. The van der Waals surface area contributed by atoms with Gasteiger partial charge in [0, 0.05) is 32.2 Å². The summed E-state index contributed by atoms with van der Waals surface area (Å²) in [5, 5.41) is 9.21. The summed E-state index contributed by atoms with van der Waals surface area (Å²) < 4.78 is 0. The van der Waals surface area contributed by atoms with Crippen molar-refractivity contribution in [2.45, 2.75) is 39.3 Å². The zero-order valence-electron chi connectivity index (χ0n) is 13.5. The third kappa shape index (κ3) is 5.42. The van der Waals surface area contributed by atoms with E-state index in [9.17, 15) is 5.11 Å². The van der Waals surface area contributed by atoms with E-state index in [-0.39, 0.29) is 6.61 Å². The lowest BCUT2D eigenvalue weighted by Gasteiger charge is -2.37. The Kier molecular flexibility index (Phi) is 6.68. The molecule has 0 saturated carbocycles. The van der Waals surface area contributed by atoms with Crippen molar-refractivity contribution in [1.82, 2.24) is 9.80 Å². The number of hydrogen-bond donors (Lipinski definition) is 1. The Bertz CT molecular complexity index is 393. The number of benzene rings is 1. The van der Waals surface area contributed by atoms with Crippen LogP contribution < -0.4 is 0 Å². The highest BCUT2D eigenvalue weighted by Crippen LogP contribution is 2.20. The zero-order valence-corrected chi connectivity index (χ0v) is 13.5. The second-order valence-corrected chi connectivity index (χ2v) is 6.54. The molecule has 1 aliphatic heterocycles. The Morgan fingerprint density at radius 1 is 1.29 bits per heavy atom. The van der Waals surface area contributed by atoms with E-state index in [4.69, 9.17) is 0 Å². The SMILES string of the molecule is CC(C)N(CCO)C[C@@H]1CCCN(Cc2ccccc2)C1. The molecule has 0 radical (unpaired) electrons. The first-order valence-electron chi connectivity index (χ1n) is 8.30. The Labute approximate surface area is 129 Å². The molecule has 1 saturated heterocycles. The predicted octanol–water partition coefficient (Wildman–Crippen LogP) is 2.60. The minimum absolute atomic E-state index is 0.263. The fraction of sp³-hybridized carbons (Fsp3) is 0.667. The molecule has 0 aromatic heterocycles. The van der Waals surface area contributed by atoms with Gasteiger partial charge in [0.05, 0.1) is 6.61 Å². The van der Waals surface area contributed by atoms with Gasteiger partial charge in [-0.3, -0.25) is 9.80 Å². The molecule has 0 bridgehead atoms. The van der Waals surface area contributed by atoms with E-state index in [1.807, 2.05) is 0 Å². The summed E-state index contributed by atoms with van der Waals surface area (Å²) in [7, 11) is 0. The van der Waals surface area contributed by atoms with Crippen molar-refractivity contribution in [2.24, 2.45) is 5.92 Å². The molecule has 1 aromatic rings. The summed E-state index contributed by atoms with van der Waals surface area (Å²) in [6.45, 7) is 10.1. The molecule has 3 nitrogen and oxygen atoms in total. The van der Waals surface area contributed by atoms with Crippen LogP contribution in [0.25, 0.3) is 0 Å². The van der Waals surface area contributed by atoms with Crippen LogP contribution in [-0.4, -0.2) is 53.7 Å². The lowest BCUT2D eigenvalue weighted by atomic mass is 9.96. The van der Waals surface area contributed by atoms with Crippen LogP contribution in [0.5, 0.6) is 0 Å². The van der Waals surface area contributed by atoms with Gasteiger partial charge in [0.15, 0.2) is 0 Å². The standard InChI is InChI=1S/C18H30N2O/c1-16(2)20(11-12-21)15-18-9-6-10-19(14-18)13-17-7-4-3-5-8-17/h3-5,7-8,16,18,21H,6,9-15H2,1-2H3/t18-/m1/s1. The Morgan fingerprint density at radius 2 is 2.05 bits per heavy atom. The summed E-state index contributed by atoms with van der Waals surface area (Å²) >= 11 is 0. The first-order chi connectivity index (χ1) is 10.2. The van der Waals surface area contributed by atoms with Gasteiger partial charge >= 0.3 is 0 Å². The highest BCUT2D eigenvalue weighted by atomic mass is 16.3. The second-order valence-electron chi connectivity index (χ2n) is 6.54. The fourth-order valence-corrected chi connectivity index (χ4v) is 3.31. The number of likely N-dealkylation sites (tertiary alicyclic amines) is 1. The monoisotopic (exact) mass is 290 g/mol. The van der Waals surface area contributed by atoms with Crippen LogP contribution in [0.4, 0.5) is 0 Å². The molecule has 1 aromatic carbocycles. The van der Waals surface area contributed by atoms with Crippen molar-refractivity contribution < 1.29 is 5.11 Å². The van der Waals surface area contributed by atoms with Crippen LogP contribution in [0.15, 0.2) is 30.3 Å². The van der Waals surface area contributed by atoms with Gasteiger partial charge in [-0.25, -0.2) is 0 Å². The van der Waals surface area contributed by atoms with Gasteiger partial charge in [-0.05, 0) is 44.7 Å². The van der Waals surface area contributed by atoms with Crippen LogP contribution >= 0.6 is 0 Å². The average molecular weight is 290 g/mol. The van der Waals surface area contributed by atoms with Crippen molar-refractivity contribution in [3.05, 3.63) is 35.9 Å². The van der Waals surface area contributed by atoms with E-state index in [1.54, 1.807) is 0 Å². The first-order valence-corrected chi connectivity index (χ1v) is 8.30. The minimum atomic E-state index is 0.263. The van der Waals surface area contributed by atoms with E-state index >= 15 is 0 Å². The molecule has 0 unspecified atom stereocenters. The van der Waals surface area contributed by atoms with Crippen LogP contribution in [-0.2, 0) is 6.54 Å². The molecular weight excluding hydrogens is 260 g/mol. The normalized spacial score (nSPS) is 20.3. The first kappa shape index (κ1) is 16.5. The number of nitrogens with zero attached hydrogens (tertiary/aromatic N) is 2. The predicted molar refractivity (Wildman–Crippen MR) is 88.2 cm³/mol. The summed E-state index contributed by atoms with van der Waals surface area (Å²) in [5.41, 5.74) is 1.41. The second kappa shape index (κ2) is 8.52. The molecule has 0 spiro atoms. The van der Waals surface area contributed by atoms with E-state index in [1.165, 1.54) is 31.5 Å². The van der Waals surface area contributed by atoms with Crippen LogP contribution in [0.1, 0.15) is 32.3 Å². The lowest BCUT2D eigenvalue weighted by molar-refractivity contribution is 0.0991. The van der Waals surface area contributed by atoms with Crippen molar-refractivity contribution in [3.8, 4) is 0 Å². The van der Waals surface area contributed by atoms with Crippen molar-refractivity contribution in [3.63, 3.8) is 0 Å². The maximum Gasteiger partial charge on any atom is 0.0558 e. The number of aliphatic hydroxyl groups is 1. The molecule has 1 fully saturated rings. The summed E-state index contributed by atoms with van der Waals surface area (Å²) in [5.74, 6) is 0.733. The summed E-state index contributed by atoms with van der Waals surface area (Å²) in [6, 6.07) is 11.3. The molecular formula is C18H30N2O. The summed E-state index contributed by atoms with van der Waals surface area (Å²) in [6.07, 6.45) is 2.61. The maximum atomic E-state index is 9.21. The number of aliphatic hydroxyl groups excluding tert-OH is 1. The minimum Gasteiger partial charge on any atom is -0.395 e. The summed E-state index contributed by atoms with van der Waals surface area (Å²) in [4.78, 5) is 5.00. The number of rotatable bonds is 7. The Morgan fingerprint density at radius 3 is 2.71 bits per heavy atom. The third-order valence-corrected chi connectivity index (χ3v) is 4.46. The molecule has 0 amide bonds. The molecule has 1 heterocycles. The van der Waals surface area contributed by atoms with Crippen LogP contribution in [0, 0.1) is 5.92 Å². The molecule has 3 heteroatoms. The van der Waals surface area contributed by atoms with E-state index in [2.05, 4.69) is 54.0 Å². The van der Waals surface area contributed by atoms with Crippen molar-refractivity contribution in [2.75, 3.05) is 32.8 Å². The van der Waals surface area contributed by atoms with Crippen molar-refractivity contribution >= 4 is 0 Å². The lowest BCUT2D eigenvalue weighted by Crippen LogP contribution is -2.43. The molecule has 1 aliphatic rings. The molecule has 1 atom stereocenters.